The second kappa shape index (κ2) is 7.56. The number of aryl methyl sites for hydroxylation is 1. The largest absolute Gasteiger partial charge is 0.468 e. The molecule has 0 amide bonds. The van der Waals surface area contributed by atoms with Gasteiger partial charge >= 0.3 is 5.97 Å². The number of hydrogen-bond donors (Lipinski definition) is 2. The summed E-state index contributed by atoms with van der Waals surface area (Å²) in [4.78, 5) is 19.6. The third kappa shape index (κ3) is 6.03. The van der Waals surface area contributed by atoms with E-state index in [-0.39, 0.29) is 12.5 Å². The summed E-state index contributed by atoms with van der Waals surface area (Å²) in [7, 11) is 1.36. The van der Waals surface area contributed by atoms with E-state index in [0.717, 1.165) is 18.8 Å². The van der Waals surface area contributed by atoms with Crippen molar-refractivity contribution < 1.29 is 9.53 Å². The van der Waals surface area contributed by atoms with Crippen LogP contribution in [-0.4, -0.2) is 36.1 Å². The minimum atomic E-state index is -0.328. The van der Waals surface area contributed by atoms with Crippen molar-refractivity contribution in [1.29, 1.82) is 0 Å². The molecule has 0 spiro atoms. The average Bonchev–Trinajstić information content (AvgIpc) is 2.35. The minimum Gasteiger partial charge on any atom is -0.468 e. The second-order valence-corrected chi connectivity index (χ2v) is 4.72. The van der Waals surface area contributed by atoms with Crippen molar-refractivity contribution in [1.82, 2.24) is 9.97 Å². The van der Waals surface area contributed by atoms with Crippen LogP contribution in [0.4, 0.5) is 11.6 Å². The van der Waals surface area contributed by atoms with E-state index in [1.54, 1.807) is 6.07 Å². The quantitative estimate of drug-likeness (QED) is 0.733. The van der Waals surface area contributed by atoms with Crippen molar-refractivity contribution in [2.45, 2.75) is 27.2 Å². The van der Waals surface area contributed by atoms with Gasteiger partial charge in [-0.3, -0.25) is 4.79 Å². The standard InChI is InChI=1S/C13H22N4O2/c1-9(2)5-6-14-11-7-12(17-10(3)16-11)15-8-13(18)19-4/h7,9H,5-6,8H2,1-4H3,(H2,14,15,16,17). The molecule has 19 heavy (non-hydrogen) atoms. The Hall–Kier alpha value is -1.85. The van der Waals surface area contributed by atoms with Crippen LogP contribution >= 0.6 is 0 Å². The Morgan fingerprint density at radius 3 is 2.53 bits per heavy atom. The molecule has 1 aromatic rings. The van der Waals surface area contributed by atoms with E-state index in [9.17, 15) is 4.79 Å². The Labute approximate surface area is 114 Å². The average molecular weight is 266 g/mol. The Bertz CT molecular complexity index is 421. The van der Waals surface area contributed by atoms with Crippen LogP contribution in [0.25, 0.3) is 0 Å². The number of carbonyl (C=O) groups excluding carboxylic acids is 1. The van der Waals surface area contributed by atoms with Gasteiger partial charge < -0.3 is 15.4 Å². The van der Waals surface area contributed by atoms with Crippen LogP contribution < -0.4 is 10.6 Å². The highest BCUT2D eigenvalue weighted by atomic mass is 16.5. The highest BCUT2D eigenvalue weighted by molar-refractivity contribution is 5.74. The Morgan fingerprint density at radius 1 is 1.32 bits per heavy atom. The zero-order valence-electron chi connectivity index (χ0n) is 12.0. The Morgan fingerprint density at radius 2 is 1.95 bits per heavy atom. The molecule has 0 aliphatic heterocycles. The van der Waals surface area contributed by atoms with Gasteiger partial charge in [0.1, 0.15) is 24.0 Å². The van der Waals surface area contributed by atoms with E-state index in [4.69, 9.17) is 0 Å². The van der Waals surface area contributed by atoms with E-state index < -0.39 is 0 Å². The summed E-state index contributed by atoms with van der Waals surface area (Å²) >= 11 is 0. The molecule has 106 valence electrons. The van der Waals surface area contributed by atoms with Gasteiger partial charge in [0.05, 0.1) is 7.11 Å². The van der Waals surface area contributed by atoms with Crippen LogP contribution in [0.1, 0.15) is 26.1 Å². The molecule has 0 saturated heterocycles. The lowest BCUT2D eigenvalue weighted by Crippen LogP contribution is -2.16. The number of nitrogens with zero attached hydrogens (tertiary/aromatic N) is 2. The van der Waals surface area contributed by atoms with Crippen molar-refractivity contribution in [2.75, 3.05) is 30.8 Å². The van der Waals surface area contributed by atoms with Gasteiger partial charge in [-0.2, -0.15) is 0 Å². The van der Waals surface area contributed by atoms with Gasteiger partial charge in [-0.05, 0) is 19.3 Å². The van der Waals surface area contributed by atoms with E-state index in [0.29, 0.717) is 17.6 Å². The van der Waals surface area contributed by atoms with Crippen molar-refractivity contribution in [3.8, 4) is 0 Å². The molecule has 6 heteroatoms. The predicted molar refractivity (Wildman–Crippen MR) is 75.2 cm³/mol. The monoisotopic (exact) mass is 266 g/mol. The molecule has 0 fully saturated rings. The van der Waals surface area contributed by atoms with Crippen LogP contribution in [0.3, 0.4) is 0 Å². The number of carbonyl (C=O) groups is 1. The van der Waals surface area contributed by atoms with E-state index in [1.807, 2.05) is 6.92 Å². The molecule has 0 radical (unpaired) electrons. The zero-order valence-corrected chi connectivity index (χ0v) is 12.0. The van der Waals surface area contributed by atoms with Crippen molar-refractivity contribution in [3.05, 3.63) is 11.9 Å². The molecule has 0 unspecified atom stereocenters. The number of rotatable bonds is 7. The highest BCUT2D eigenvalue weighted by Gasteiger charge is 2.04. The van der Waals surface area contributed by atoms with Crippen LogP contribution in [0.2, 0.25) is 0 Å². The molecule has 0 bridgehead atoms. The maximum absolute atomic E-state index is 11.1. The number of aromatic nitrogens is 2. The van der Waals surface area contributed by atoms with Gasteiger partial charge in [0.2, 0.25) is 0 Å². The fourth-order valence-corrected chi connectivity index (χ4v) is 1.47. The predicted octanol–water partition coefficient (Wildman–Crippen LogP) is 1.83. The molecule has 0 aliphatic carbocycles. The van der Waals surface area contributed by atoms with Gasteiger partial charge in [0.25, 0.3) is 0 Å². The SMILES string of the molecule is COC(=O)CNc1cc(NCCC(C)C)nc(C)n1. The maximum atomic E-state index is 11.1. The topological polar surface area (TPSA) is 76.1 Å². The third-order valence-electron chi connectivity index (χ3n) is 2.51. The van der Waals surface area contributed by atoms with E-state index >= 15 is 0 Å². The molecule has 0 saturated carbocycles. The zero-order chi connectivity index (χ0) is 14.3. The summed E-state index contributed by atoms with van der Waals surface area (Å²) in [6.07, 6.45) is 1.08. The molecular weight excluding hydrogens is 244 g/mol. The van der Waals surface area contributed by atoms with Crippen LogP contribution in [0, 0.1) is 12.8 Å². The molecule has 0 aliphatic rings. The lowest BCUT2D eigenvalue weighted by atomic mass is 10.1. The number of hydrogen-bond acceptors (Lipinski definition) is 6. The minimum absolute atomic E-state index is 0.0956. The van der Waals surface area contributed by atoms with Crippen molar-refractivity contribution in [3.63, 3.8) is 0 Å². The Kier molecular flexibility index (Phi) is 6.05. The first-order chi connectivity index (χ1) is 9.01. The maximum Gasteiger partial charge on any atom is 0.325 e. The van der Waals surface area contributed by atoms with Gasteiger partial charge in [-0.25, -0.2) is 9.97 Å². The van der Waals surface area contributed by atoms with E-state index in [2.05, 4.69) is 39.2 Å². The summed E-state index contributed by atoms with van der Waals surface area (Å²) in [5.41, 5.74) is 0. The number of ether oxygens (including phenoxy) is 1. The lowest BCUT2D eigenvalue weighted by molar-refractivity contribution is -0.138. The van der Waals surface area contributed by atoms with Crippen molar-refractivity contribution in [2.24, 2.45) is 5.92 Å². The first-order valence-electron chi connectivity index (χ1n) is 6.41. The number of methoxy groups -OCH3 is 1. The van der Waals surface area contributed by atoms with Gasteiger partial charge in [-0.1, -0.05) is 13.8 Å². The summed E-state index contributed by atoms with van der Waals surface area (Å²) in [5.74, 6) is 2.35. The van der Waals surface area contributed by atoms with Crippen LogP contribution in [-0.2, 0) is 9.53 Å². The van der Waals surface area contributed by atoms with Crippen molar-refractivity contribution >= 4 is 17.6 Å². The summed E-state index contributed by atoms with van der Waals surface area (Å²) in [6.45, 7) is 7.13. The lowest BCUT2D eigenvalue weighted by Gasteiger charge is -2.10. The first kappa shape index (κ1) is 15.2. The highest BCUT2D eigenvalue weighted by Crippen LogP contribution is 2.11. The third-order valence-corrected chi connectivity index (χ3v) is 2.51. The Balaban J connectivity index is 2.58. The molecule has 2 N–H and O–H groups in total. The van der Waals surface area contributed by atoms with Crippen LogP contribution in [0.5, 0.6) is 0 Å². The number of nitrogens with one attached hydrogen (secondary N) is 2. The molecule has 1 heterocycles. The van der Waals surface area contributed by atoms with Crippen LogP contribution in [0.15, 0.2) is 6.07 Å². The van der Waals surface area contributed by atoms with Gasteiger partial charge in [0, 0.05) is 12.6 Å². The number of esters is 1. The molecule has 1 aromatic heterocycles. The van der Waals surface area contributed by atoms with Gasteiger partial charge in [0.15, 0.2) is 0 Å². The molecule has 1 rings (SSSR count). The molecule has 0 atom stereocenters. The van der Waals surface area contributed by atoms with Gasteiger partial charge in [-0.15, -0.1) is 0 Å². The van der Waals surface area contributed by atoms with E-state index in [1.165, 1.54) is 7.11 Å². The molecule has 0 aromatic carbocycles. The summed E-state index contributed by atoms with van der Waals surface area (Å²) in [6, 6.07) is 1.79. The second-order valence-electron chi connectivity index (χ2n) is 4.72. The summed E-state index contributed by atoms with van der Waals surface area (Å²) < 4.78 is 4.56. The fraction of sp³-hybridized carbons (Fsp3) is 0.615. The normalized spacial score (nSPS) is 10.4. The molecular formula is C13H22N4O2. The first-order valence-corrected chi connectivity index (χ1v) is 6.41. The fourth-order valence-electron chi connectivity index (χ4n) is 1.47. The smallest absolute Gasteiger partial charge is 0.325 e. The molecule has 6 nitrogen and oxygen atoms in total. The summed E-state index contributed by atoms with van der Waals surface area (Å²) in [5, 5.41) is 6.16. The number of anilines is 2.